The number of rotatable bonds is 3. The number of aliphatic carboxylic acids is 1. The molecule has 2 unspecified atom stereocenters. The molecule has 1 aliphatic rings. The van der Waals surface area contributed by atoms with Gasteiger partial charge >= 0.3 is 5.97 Å². The zero-order valence-electron chi connectivity index (χ0n) is 10.1. The van der Waals surface area contributed by atoms with E-state index in [0.29, 0.717) is 0 Å². The average molecular weight is 313 g/mol. The third kappa shape index (κ3) is 2.75. The maximum atomic E-state index is 11.5. The highest BCUT2D eigenvalue weighted by Gasteiger charge is 2.38. The molecular formula is C14H17BrO3. The van der Waals surface area contributed by atoms with Crippen LogP contribution in [0.2, 0.25) is 0 Å². The Morgan fingerprint density at radius 2 is 1.94 bits per heavy atom. The summed E-state index contributed by atoms with van der Waals surface area (Å²) in [4.78, 5) is 11.5. The van der Waals surface area contributed by atoms with Crippen LogP contribution in [0.15, 0.2) is 28.7 Å². The van der Waals surface area contributed by atoms with Crippen LogP contribution in [-0.2, 0) is 4.79 Å². The minimum absolute atomic E-state index is 0.0153. The van der Waals surface area contributed by atoms with Crippen molar-refractivity contribution in [3.05, 3.63) is 34.3 Å². The minimum Gasteiger partial charge on any atom is -0.481 e. The van der Waals surface area contributed by atoms with E-state index in [1.807, 2.05) is 24.3 Å². The van der Waals surface area contributed by atoms with Crippen LogP contribution in [0.25, 0.3) is 0 Å². The van der Waals surface area contributed by atoms with Crippen LogP contribution in [-0.4, -0.2) is 22.8 Å². The summed E-state index contributed by atoms with van der Waals surface area (Å²) >= 11 is 3.38. The second-order valence-electron chi connectivity index (χ2n) is 4.90. The first-order chi connectivity index (χ1) is 8.63. The van der Waals surface area contributed by atoms with Crippen molar-refractivity contribution >= 4 is 21.9 Å². The number of carboxylic acids is 1. The average Bonchev–Trinajstić information content (AvgIpc) is 2.38. The van der Waals surface area contributed by atoms with Gasteiger partial charge in [-0.05, 0) is 42.4 Å². The number of aliphatic hydroxyl groups excluding tert-OH is 1. The Balaban J connectivity index is 2.28. The van der Waals surface area contributed by atoms with Gasteiger partial charge in [-0.1, -0.05) is 34.5 Å². The topological polar surface area (TPSA) is 57.5 Å². The molecule has 0 heterocycles. The number of carbonyl (C=O) groups is 1. The van der Waals surface area contributed by atoms with Gasteiger partial charge < -0.3 is 10.2 Å². The summed E-state index contributed by atoms with van der Waals surface area (Å²) in [6.07, 6.45) is 2.67. The van der Waals surface area contributed by atoms with Gasteiger partial charge in [0, 0.05) is 11.1 Å². The molecule has 0 spiro atoms. The van der Waals surface area contributed by atoms with Crippen molar-refractivity contribution in [2.24, 2.45) is 11.8 Å². The number of aliphatic hydroxyl groups is 1. The maximum absolute atomic E-state index is 11.5. The summed E-state index contributed by atoms with van der Waals surface area (Å²) in [5, 5.41) is 18.8. The largest absolute Gasteiger partial charge is 0.481 e. The molecule has 0 aromatic heterocycles. The Hall–Kier alpha value is -0.870. The lowest BCUT2D eigenvalue weighted by atomic mass is 9.69. The van der Waals surface area contributed by atoms with Crippen LogP contribution in [0.1, 0.15) is 30.7 Å². The number of halogens is 1. The quantitative estimate of drug-likeness (QED) is 0.902. The molecule has 3 nitrogen and oxygen atoms in total. The molecule has 0 saturated heterocycles. The molecule has 1 saturated carbocycles. The van der Waals surface area contributed by atoms with Gasteiger partial charge in [-0.3, -0.25) is 4.79 Å². The van der Waals surface area contributed by atoms with Crippen molar-refractivity contribution in [3.63, 3.8) is 0 Å². The molecule has 4 heteroatoms. The highest BCUT2D eigenvalue weighted by Crippen LogP contribution is 2.41. The second-order valence-corrected chi connectivity index (χ2v) is 5.81. The Bertz CT molecular complexity index is 416. The molecule has 3 atom stereocenters. The summed E-state index contributed by atoms with van der Waals surface area (Å²) in [7, 11) is 0. The standard InChI is InChI=1S/C14H17BrO3/c15-11-6-4-9(5-7-11)12-3-1-2-10(8-16)13(12)14(17)18/h4-7,10,12-13,16H,1-3,8H2,(H,17,18)/t10-,12?,13?/m1/s1. The molecule has 1 aromatic rings. The predicted octanol–water partition coefficient (Wildman–Crippen LogP) is 3.03. The Morgan fingerprint density at radius 3 is 2.50 bits per heavy atom. The maximum Gasteiger partial charge on any atom is 0.307 e. The van der Waals surface area contributed by atoms with Gasteiger partial charge in [-0.2, -0.15) is 0 Å². The lowest BCUT2D eigenvalue weighted by Gasteiger charge is -2.35. The van der Waals surface area contributed by atoms with E-state index in [1.165, 1.54) is 0 Å². The van der Waals surface area contributed by atoms with Crippen LogP contribution in [0.3, 0.4) is 0 Å². The van der Waals surface area contributed by atoms with Crippen molar-refractivity contribution in [3.8, 4) is 0 Å². The first kappa shape index (κ1) is 13.6. The second kappa shape index (κ2) is 5.85. The molecule has 0 bridgehead atoms. The first-order valence-electron chi connectivity index (χ1n) is 6.22. The van der Waals surface area contributed by atoms with Gasteiger partial charge in [0.15, 0.2) is 0 Å². The Morgan fingerprint density at radius 1 is 1.28 bits per heavy atom. The fraction of sp³-hybridized carbons (Fsp3) is 0.500. The Kier molecular flexibility index (Phi) is 4.40. The van der Waals surface area contributed by atoms with Crippen LogP contribution in [0, 0.1) is 11.8 Å². The van der Waals surface area contributed by atoms with Crippen molar-refractivity contribution in [2.75, 3.05) is 6.61 Å². The number of carboxylic acid groups (broad SMARTS) is 1. The highest BCUT2D eigenvalue weighted by molar-refractivity contribution is 9.10. The lowest BCUT2D eigenvalue weighted by molar-refractivity contribution is -0.146. The van der Waals surface area contributed by atoms with Crippen LogP contribution in [0.4, 0.5) is 0 Å². The molecule has 1 aliphatic carbocycles. The van der Waals surface area contributed by atoms with Crippen LogP contribution >= 0.6 is 15.9 Å². The van der Waals surface area contributed by atoms with Crippen molar-refractivity contribution < 1.29 is 15.0 Å². The van der Waals surface area contributed by atoms with Crippen LogP contribution in [0.5, 0.6) is 0 Å². The first-order valence-corrected chi connectivity index (χ1v) is 7.02. The van der Waals surface area contributed by atoms with Gasteiger partial charge in [0.2, 0.25) is 0 Å². The summed E-state index contributed by atoms with van der Waals surface area (Å²) in [5.41, 5.74) is 1.06. The SMILES string of the molecule is O=C(O)C1C(c2ccc(Br)cc2)CCC[C@@H]1CO. The molecular weight excluding hydrogens is 296 g/mol. The predicted molar refractivity (Wildman–Crippen MR) is 72.4 cm³/mol. The molecule has 18 heavy (non-hydrogen) atoms. The molecule has 1 fully saturated rings. The summed E-state index contributed by atoms with van der Waals surface area (Å²) in [6.45, 7) is -0.0377. The normalized spacial score (nSPS) is 28.0. The van der Waals surface area contributed by atoms with Crippen LogP contribution < -0.4 is 0 Å². The molecule has 2 rings (SSSR count). The summed E-state index contributed by atoms with van der Waals surface area (Å²) < 4.78 is 0.993. The molecule has 98 valence electrons. The van der Waals surface area contributed by atoms with Gasteiger partial charge in [0.05, 0.1) is 5.92 Å². The van der Waals surface area contributed by atoms with E-state index in [9.17, 15) is 15.0 Å². The van der Waals surface area contributed by atoms with E-state index in [0.717, 1.165) is 29.3 Å². The van der Waals surface area contributed by atoms with E-state index in [-0.39, 0.29) is 18.4 Å². The van der Waals surface area contributed by atoms with Gasteiger partial charge in [0.1, 0.15) is 0 Å². The molecule has 0 radical (unpaired) electrons. The zero-order valence-corrected chi connectivity index (χ0v) is 11.6. The summed E-state index contributed by atoms with van der Waals surface area (Å²) in [6, 6.07) is 7.84. The van der Waals surface area contributed by atoms with Gasteiger partial charge in [-0.15, -0.1) is 0 Å². The van der Waals surface area contributed by atoms with E-state index >= 15 is 0 Å². The number of hydrogen-bond donors (Lipinski definition) is 2. The zero-order chi connectivity index (χ0) is 13.1. The molecule has 0 aliphatic heterocycles. The molecule has 0 amide bonds. The number of benzene rings is 1. The van der Waals surface area contributed by atoms with Gasteiger partial charge in [-0.25, -0.2) is 0 Å². The third-order valence-electron chi connectivity index (χ3n) is 3.85. The van der Waals surface area contributed by atoms with E-state index in [2.05, 4.69) is 15.9 Å². The van der Waals surface area contributed by atoms with Crippen molar-refractivity contribution in [1.29, 1.82) is 0 Å². The smallest absolute Gasteiger partial charge is 0.307 e. The molecule has 2 N–H and O–H groups in total. The molecule has 1 aromatic carbocycles. The minimum atomic E-state index is -0.790. The highest BCUT2D eigenvalue weighted by atomic mass is 79.9. The van der Waals surface area contributed by atoms with E-state index < -0.39 is 11.9 Å². The monoisotopic (exact) mass is 312 g/mol. The summed E-state index contributed by atoms with van der Waals surface area (Å²) in [5.74, 6) is -1.36. The van der Waals surface area contributed by atoms with Gasteiger partial charge in [0.25, 0.3) is 0 Å². The van der Waals surface area contributed by atoms with Crippen molar-refractivity contribution in [1.82, 2.24) is 0 Å². The lowest BCUT2D eigenvalue weighted by Crippen LogP contribution is -2.35. The van der Waals surface area contributed by atoms with E-state index in [4.69, 9.17) is 0 Å². The Labute approximate surface area is 115 Å². The van der Waals surface area contributed by atoms with Crippen molar-refractivity contribution in [2.45, 2.75) is 25.2 Å². The van der Waals surface area contributed by atoms with E-state index in [1.54, 1.807) is 0 Å². The fourth-order valence-corrected chi connectivity index (χ4v) is 3.21. The number of hydrogen-bond acceptors (Lipinski definition) is 2. The fourth-order valence-electron chi connectivity index (χ4n) is 2.95. The third-order valence-corrected chi connectivity index (χ3v) is 4.38.